The van der Waals surface area contributed by atoms with E-state index in [-0.39, 0.29) is 5.92 Å². The van der Waals surface area contributed by atoms with Gasteiger partial charge in [-0.1, -0.05) is 29.8 Å². The van der Waals surface area contributed by atoms with E-state index in [1.807, 2.05) is 6.92 Å². The molecular weight excluding hydrogens is 208 g/mol. The van der Waals surface area contributed by atoms with E-state index in [1.165, 1.54) is 24.0 Å². The van der Waals surface area contributed by atoms with E-state index in [4.69, 9.17) is 5.26 Å². The Hall–Kier alpha value is -1.33. The van der Waals surface area contributed by atoms with Crippen molar-refractivity contribution in [3.63, 3.8) is 0 Å². The molecule has 1 fully saturated rings. The van der Waals surface area contributed by atoms with Gasteiger partial charge in [0.1, 0.15) is 0 Å². The van der Waals surface area contributed by atoms with Crippen LogP contribution in [0.4, 0.5) is 0 Å². The van der Waals surface area contributed by atoms with Gasteiger partial charge in [-0.2, -0.15) is 5.26 Å². The Bertz CT molecular complexity index is 396. The molecule has 1 saturated carbocycles. The second kappa shape index (κ2) is 5.33. The molecule has 0 aliphatic heterocycles. The van der Waals surface area contributed by atoms with Crippen LogP contribution < -0.4 is 5.32 Å². The lowest BCUT2D eigenvalue weighted by Gasteiger charge is -2.36. The van der Waals surface area contributed by atoms with Crippen LogP contribution in [0.2, 0.25) is 0 Å². The number of hydrogen-bond acceptors (Lipinski definition) is 2. The van der Waals surface area contributed by atoms with Gasteiger partial charge in [-0.25, -0.2) is 0 Å². The molecule has 0 aromatic heterocycles. The van der Waals surface area contributed by atoms with Gasteiger partial charge >= 0.3 is 0 Å². The molecule has 1 atom stereocenters. The van der Waals surface area contributed by atoms with E-state index in [0.29, 0.717) is 12.0 Å². The summed E-state index contributed by atoms with van der Waals surface area (Å²) in [5, 5.41) is 12.2. The van der Waals surface area contributed by atoms with Crippen molar-refractivity contribution in [1.29, 1.82) is 5.26 Å². The minimum absolute atomic E-state index is 0.119. The van der Waals surface area contributed by atoms with E-state index in [0.717, 1.165) is 6.54 Å². The SMILES string of the molecule is Cc1ccc(C2CC(NCC(C)C#N)C2)cc1. The van der Waals surface area contributed by atoms with Crippen molar-refractivity contribution in [1.82, 2.24) is 5.32 Å². The number of benzene rings is 1. The fraction of sp³-hybridized carbons (Fsp3) is 0.533. The Morgan fingerprint density at radius 2 is 2.00 bits per heavy atom. The molecular formula is C15H20N2. The molecule has 1 aromatic rings. The van der Waals surface area contributed by atoms with Crippen LogP contribution in [0.3, 0.4) is 0 Å². The van der Waals surface area contributed by atoms with Crippen molar-refractivity contribution in [3.8, 4) is 6.07 Å². The van der Waals surface area contributed by atoms with Crippen LogP contribution in [-0.2, 0) is 0 Å². The third kappa shape index (κ3) is 3.08. The highest BCUT2D eigenvalue weighted by Gasteiger charge is 2.29. The minimum atomic E-state index is 0.119. The Labute approximate surface area is 104 Å². The van der Waals surface area contributed by atoms with Crippen molar-refractivity contribution in [2.45, 2.75) is 38.6 Å². The van der Waals surface area contributed by atoms with Gasteiger partial charge in [0.25, 0.3) is 0 Å². The molecule has 17 heavy (non-hydrogen) atoms. The van der Waals surface area contributed by atoms with Gasteiger partial charge in [-0.15, -0.1) is 0 Å². The van der Waals surface area contributed by atoms with Crippen molar-refractivity contribution in [2.24, 2.45) is 5.92 Å². The largest absolute Gasteiger partial charge is 0.313 e. The van der Waals surface area contributed by atoms with Crippen LogP contribution in [0.1, 0.15) is 36.8 Å². The summed E-state index contributed by atoms with van der Waals surface area (Å²) in [6.45, 7) is 4.91. The molecule has 0 radical (unpaired) electrons. The number of nitriles is 1. The summed E-state index contributed by atoms with van der Waals surface area (Å²) in [5.41, 5.74) is 2.78. The average Bonchev–Trinajstić information content (AvgIpc) is 2.29. The molecule has 2 rings (SSSR count). The van der Waals surface area contributed by atoms with Crippen LogP contribution in [0.5, 0.6) is 0 Å². The monoisotopic (exact) mass is 228 g/mol. The molecule has 1 aromatic carbocycles. The molecule has 0 heterocycles. The fourth-order valence-electron chi connectivity index (χ4n) is 2.28. The number of nitrogens with zero attached hydrogens (tertiary/aromatic N) is 1. The summed E-state index contributed by atoms with van der Waals surface area (Å²) in [4.78, 5) is 0. The summed E-state index contributed by atoms with van der Waals surface area (Å²) in [5.74, 6) is 0.832. The second-order valence-electron chi connectivity index (χ2n) is 5.21. The lowest BCUT2D eigenvalue weighted by molar-refractivity contribution is 0.286. The first-order chi connectivity index (χ1) is 8.19. The molecule has 1 N–H and O–H groups in total. The van der Waals surface area contributed by atoms with E-state index >= 15 is 0 Å². The molecule has 2 nitrogen and oxygen atoms in total. The first-order valence-electron chi connectivity index (χ1n) is 6.38. The molecule has 1 aliphatic rings. The van der Waals surface area contributed by atoms with Crippen LogP contribution in [0.15, 0.2) is 24.3 Å². The Balaban J connectivity index is 1.75. The van der Waals surface area contributed by atoms with Gasteiger partial charge in [0.15, 0.2) is 0 Å². The zero-order valence-corrected chi connectivity index (χ0v) is 10.6. The highest BCUT2D eigenvalue weighted by Crippen LogP contribution is 2.36. The zero-order chi connectivity index (χ0) is 12.3. The van der Waals surface area contributed by atoms with Gasteiger partial charge in [-0.3, -0.25) is 0 Å². The molecule has 2 heteroatoms. The van der Waals surface area contributed by atoms with Crippen molar-refractivity contribution in [3.05, 3.63) is 35.4 Å². The predicted molar refractivity (Wildman–Crippen MR) is 69.7 cm³/mol. The minimum Gasteiger partial charge on any atom is -0.313 e. The Morgan fingerprint density at radius 3 is 2.59 bits per heavy atom. The molecule has 0 amide bonds. The number of nitrogens with one attached hydrogen (secondary N) is 1. The smallest absolute Gasteiger partial charge is 0.0666 e. The lowest BCUT2D eigenvalue weighted by atomic mass is 9.75. The first kappa shape index (κ1) is 12.1. The summed E-state index contributed by atoms with van der Waals surface area (Å²) in [6.07, 6.45) is 2.42. The van der Waals surface area contributed by atoms with E-state index < -0.39 is 0 Å². The van der Waals surface area contributed by atoms with Gasteiger partial charge in [-0.05, 0) is 38.2 Å². The topological polar surface area (TPSA) is 35.8 Å². The highest BCUT2D eigenvalue weighted by atomic mass is 14.9. The lowest BCUT2D eigenvalue weighted by Crippen LogP contribution is -2.41. The molecule has 90 valence electrons. The Morgan fingerprint density at radius 1 is 1.35 bits per heavy atom. The molecule has 0 bridgehead atoms. The predicted octanol–water partition coefficient (Wildman–Crippen LogP) is 2.99. The van der Waals surface area contributed by atoms with Crippen molar-refractivity contribution in [2.75, 3.05) is 6.54 Å². The van der Waals surface area contributed by atoms with Crippen LogP contribution in [0.25, 0.3) is 0 Å². The van der Waals surface area contributed by atoms with E-state index in [9.17, 15) is 0 Å². The summed E-state index contributed by atoms with van der Waals surface area (Å²) in [7, 11) is 0. The van der Waals surface area contributed by atoms with Gasteiger partial charge in [0.05, 0.1) is 12.0 Å². The molecule has 0 spiro atoms. The fourth-order valence-corrected chi connectivity index (χ4v) is 2.28. The standard InChI is InChI=1S/C15H20N2/c1-11-3-5-13(6-4-11)14-7-15(8-14)17-10-12(2)9-16/h3-6,12,14-15,17H,7-8,10H2,1-2H3. The van der Waals surface area contributed by atoms with Crippen LogP contribution in [-0.4, -0.2) is 12.6 Å². The maximum Gasteiger partial charge on any atom is 0.0666 e. The average molecular weight is 228 g/mol. The maximum atomic E-state index is 8.70. The van der Waals surface area contributed by atoms with Crippen molar-refractivity contribution < 1.29 is 0 Å². The van der Waals surface area contributed by atoms with Crippen molar-refractivity contribution >= 4 is 0 Å². The molecule has 0 saturated heterocycles. The third-order valence-electron chi connectivity index (χ3n) is 3.62. The van der Waals surface area contributed by atoms with Crippen LogP contribution >= 0.6 is 0 Å². The van der Waals surface area contributed by atoms with E-state index in [1.54, 1.807) is 0 Å². The number of aryl methyl sites for hydroxylation is 1. The quantitative estimate of drug-likeness (QED) is 0.860. The highest BCUT2D eigenvalue weighted by molar-refractivity contribution is 5.26. The Kier molecular flexibility index (Phi) is 3.81. The van der Waals surface area contributed by atoms with E-state index in [2.05, 4.69) is 42.6 Å². The summed E-state index contributed by atoms with van der Waals surface area (Å²) >= 11 is 0. The normalized spacial score (nSPS) is 24.8. The second-order valence-corrected chi connectivity index (χ2v) is 5.21. The molecule has 1 unspecified atom stereocenters. The van der Waals surface area contributed by atoms with Gasteiger partial charge in [0, 0.05) is 12.6 Å². The number of hydrogen-bond donors (Lipinski definition) is 1. The number of rotatable bonds is 4. The first-order valence-corrected chi connectivity index (χ1v) is 6.38. The maximum absolute atomic E-state index is 8.70. The third-order valence-corrected chi connectivity index (χ3v) is 3.62. The summed E-state index contributed by atoms with van der Waals surface area (Å²) < 4.78 is 0. The molecule has 1 aliphatic carbocycles. The van der Waals surface area contributed by atoms with Gasteiger partial charge in [0.2, 0.25) is 0 Å². The summed E-state index contributed by atoms with van der Waals surface area (Å²) in [6, 6.07) is 11.7. The zero-order valence-electron chi connectivity index (χ0n) is 10.6. The van der Waals surface area contributed by atoms with Crippen LogP contribution in [0, 0.1) is 24.2 Å². The van der Waals surface area contributed by atoms with Gasteiger partial charge < -0.3 is 5.32 Å².